The van der Waals surface area contributed by atoms with Crippen LogP contribution in [0.25, 0.3) is 11.1 Å². The number of carbonyl (C=O) groups excluding carboxylic acids is 2. The predicted molar refractivity (Wildman–Crippen MR) is 127 cm³/mol. The predicted octanol–water partition coefficient (Wildman–Crippen LogP) is 4.03. The van der Waals surface area contributed by atoms with Crippen LogP contribution in [0.4, 0.5) is 5.69 Å². The zero-order chi connectivity index (χ0) is 22.1. The summed E-state index contributed by atoms with van der Waals surface area (Å²) in [7, 11) is 0. The first kappa shape index (κ1) is 21.1. The first-order valence-electron chi connectivity index (χ1n) is 10.7. The highest BCUT2D eigenvalue weighted by Crippen LogP contribution is 2.28. The molecule has 0 bridgehead atoms. The van der Waals surface area contributed by atoms with Gasteiger partial charge in [-0.15, -0.1) is 11.3 Å². The molecule has 3 heterocycles. The smallest absolute Gasteiger partial charge is 0.282 e. The molecule has 0 aliphatic carbocycles. The molecule has 0 saturated carbocycles. The molecule has 8 heteroatoms. The molecule has 2 aliphatic rings. The summed E-state index contributed by atoms with van der Waals surface area (Å²) in [5.74, 6) is 0.153. The molecule has 0 N–H and O–H groups in total. The first-order chi connectivity index (χ1) is 15.6. The van der Waals surface area contributed by atoms with E-state index < -0.39 is 0 Å². The van der Waals surface area contributed by atoms with Gasteiger partial charge in [-0.2, -0.15) is 0 Å². The van der Waals surface area contributed by atoms with Crippen molar-refractivity contribution in [2.75, 3.05) is 37.6 Å². The number of thiazole rings is 1. The topological polar surface area (TPSA) is 56.8 Å². The van der Waals surface area contributed by atoms with E-state index in [0.29, 0.717) is 36.1 Å². The van der Waals surface area contributed by atoms with Crippen molar-refractivity contribution in [1.82, 2.24) is 14.8 Å². The lowest BCUT2D eigenvalue weighted by molar-refractivity contribution is -0.117. The molecule has 3 aromatic rings. The number of amides is 2. The number of hydrogen-bond donors (Lipinski definition) is 0. The van der Waals surface area contributed by atoms with Crippen molar-refractivity contribution < 1.29 is 9.59 Å². The van der Waals surface area contributed by atoms with Crippen LogP contribution < -0.4 is 4.90 Å². The minimum atomic E-state index is 0.00421. The average Bonchev–Trinajstić information content (AvgIpc) is 3.50. The summed E-state index contributed by atoms with van der Waals surface area (Å²) in [6, 6.07) is 16.0. The maximum atomic E-state index is 12.8. The number of aromatic nitrogens is 1. The second kappa shape index (κ2) is 9.02. The van der Waals surface area contributed by atoms with E-state index in [4.69, 9.17) is 11.6 Å². The molecule has 2 aliphatic heterocycles. The van der Waals surface area contributed by atoms with Crippen molar-refractivity contribution in [2.45, 2.75) is 12.5 Å². The number of benzene rings is 2. The van der Waals surface area contributed by atoms with Gasteiger partial charge in [0, 0.05) is 67.5 Å². The molecule has 6 nitrogen and oxygen atoms in total. The highest BCUT2D eigenvalue weighted by atomic mass is 35.5. The number of piperazine rings is 1. The van der Waals surface area contributed by atoms with Crippen molar-refractivity contribution in [1.29, 1.82) is 0 Å². The van der Waals surface area contributed by atoms with Crippen molar-refractivity contribution in [3.8, 4) is 11.1 Å². The van der Waals surface area contributed by atoms with Gasteiger partial charge in [-0.1, -0.05) is 35.9 Å². The SMILES string of the molecule is O=C(c1nccs1)N1CCN(C2CC(=O)N(c3ccc(-c4ccc(Cl)cc4)cc3)C2)CC1. The summed E-state index contributed by atoms with van der Waals surface area (Å²) < 4.78 is 0. The lowest BCUT2D eigenvalue weighted by Gasteiger charge is -2.37. The molecule has 0 spiro atoms. The third-order valence-electron chi connectivity index (χ3n) is 6.19. The fourth-order valence-corrected chi connectivity index (χ4v) is 5.14. The molecule has 2 amide bonds. The van der Waals surface area contributed by atoms with Crippen LogP contribution in [0.5, 0.6) is 0 Å². The second-order valence-corrected chi connectivity index (χ2v) is 9.41. The maximum absolute atomic E-state index is 12.8. The molecule has 2 saturated heterocycles. The Kier molecular flexibility index (Phi) is 5.95. The van der Waals surface area contributed by atoms with Gasteiger partial charge in [0.05, 0.1) is 0 Å². The van der Waals surface area contributed by atoms with Gasteiger partial charge in [0.2, 0.25) is 5.91 Å². The van der Waals surface area contributed by atoms with E-state index in [1.165, 1.54) is 11.3 Å². The summed E-state index contributed by atoms with van der Waals surface area (Å²) in [6.07, 6.45) is 2.17. The first-order valence-corrected chi connectivity index (χ1v) is 11.9. The third kappa shape index (κ3) is 4.28. The van der Waals surface area contributed by atoms with Gasteiger partial charge in [0.25, 0.3) is 5.91 Å². The molecule has 2 aromatic carbocycles. The van der Waals surface area contributed by atoms with Crippen molar-refractivity contribution in [3.63, 3.8) is 0 Å². The number of nitrogens with zero attached hydrogens (tertiary/aromatic N) is 4. The summed E-state index contributed by atoms with van der Waals surface area (Å²) in [6.45, 7) is 3.56. The van der Waals surface area contributed by atoms with E-state index in [-0.39, 0.29) is 17.9 Å². The number of carbonyl (C=O) groups is 2. The monoisotopic (exact) mass is 466 g/mol. The van der Waals surface area contributed by atoms with E-state index in [1.807, 2.05) is 63.7 Å². The molecular weight excluding hydrogens is 444 g/mol. The van der Waals surface area contributed by atoms with Crippen molar-refractivity contribution >= 4 is 40.4 Å². The fourth-order valence-electron chi connectivity index (χ4n) is 4.41. The molecular formula is C24H23ClN4O2S. The minimum absolute atomic E-state index is 0.00421. The summed E-state index contributed by atoms with van der Waals surface area (Å²) in [4.78, 5) is 35.5. The molecule has 164 valence electrons. The summed E-state index contributed by atoms with van der Waals surface area (Å²) in [5, 5.41) is 3.08. The third-order valence-corrected chi connectivity index (χ3v) is 7.21. The van der Waals surface area contributed by atoms with Gasteiger partial charge in [-0.05, 0) is 35.4 Å². The Labute approximate surface area is 196 Å². The molecule has 5 rings (SSSR count). The van der Waals surface area contributed by atoms with Gasteiger partial charge in [0.15, 0.2) is 5.01 Å². The molecule has 0 radical (unpaired) electrons. The quantitative estimate of drug-likeness (QED) is 0.582. The Morgan fingerprint density at radius 3 is 2.25 bits per heavy atom. The number of rotatable bonds is 4. The number of hydrogen-bond acceptors (Lipinski definition) is 5. The van der Waals surface area contributed by atoms with Crippen LogP contribution in [0.1, 0.15) is 16.2 Å². The Balaban J connectivity index is 1.20. The highest BCUT2D eigenvalue weighted by Gasteiger charge is 2.36. The van der Waals surface area contributed by atoms with Crippen molar-refractivity contribution in [3.05, 3.63) is 70.1 Å². The molecule has 2 fully saturated rings. The zero-order valence-electron chi connectivity index (χ0n) is 17.5. The van der Waals surface area contributed by atoms with Crippen LogP contribution in [0.2, 0.25) is 5.02 Å². The highest BCUT2D eigenvalue weighted by molar-refractivity contribution is 7.11. The van der Waals surface area contributed by atoms with E-state index in [2.05, 4.69) is 9.88 Å². The van der Waals surface area contributed by atoms with E-state index in [0.717, 1.165) is 29.9 Å². The van der Waals surface area contributed by atoms with E-state index >= 15 is 0 Å². The van der Waals surface area contributed by atoms with Gasteiger partial charge >= 0.3 is 0 Å². The largest absolute Gasteiger partial charge is 0.334 e. The Morgan fingerprint density at radius 2 is 1.62 bits per heavy atom. The fraction of sp³-hybridized carbons (Fsp3) is 0.292. The summed E-state index contributed by atoms with van der Waals surface area (Å²) >= 11 is 7.36. The van der Waals surface area contributed by atoms with Gasteiger partial charge < -0.3 is 9.80 Å². The van der Waals surface area contributed by atoms with Gasteiger partial charge in [-0.3, -0.25) is 14.5 Å². The van der Waals surface area contributed by atoms with Gasteiger partial charge in [-0.25, -0.2) is 4.98 Å². The van der Waals surface area contributed by atoms with Crippen LogP contribution >= 0.6 is 22.9 Å². The standard InChI is InChI=1S/C24H23ClN4O2S/c25-19-5-1-17(2-6-19)18-3-7-20(8-4-18)29-16-21(15-22(29)30)27-10-12-28(13-11-27)24(31)23-26-9-14-32-23/h1-9,14,21H,10-13,15-16H2. The number of halogens is 1. The maximum Gasteiger partial charge on any atom is 0.282 e. The van der Waals surface area contributed by atoms with E-state index in [9.17, 15) is 9.59 Å². The molecule has 1 unspecified atom stereocenters. The molecule has 1 atom stereocenters. The minimum Gasteiger partial charge on any atom is -0.334 e. The van der Waals surface area contributed by atoms with Crippen LogP contribution in [-0.4, -0.2) is 65.4 Å². The summed E-state index contributed by atoms with van der Waals surface area (Å²) in [5.41, 5.74) is 3.11. The molecule has 1 aromatic heterocycles. The average molecular weight is 467 g/mol. The van der Waals surface area contributed by atoms with Crippen LogP contribution in [0.15, 0.2) is 60.1 Å². The Bertz CT molecular complexity index is 1090. The zero-order valence-corrected chi connectivity index (χ0v) is 19.1. The lowest BCUT2D eigenvalue weighted by atomic mass is 10.1. The Hall–Kier alpha value is -2.74. The lowest BCUT2D eigenvalue weighted by Crippen LogP contribution is -2.52. The van der Waals surface area contributed by atoms with E-state index in [1.54, 1.807) is 6.20 Å². The molecule has 32 heavy (non-hydrogen) atoms. The second-order valence-electron chi connectivity index (χ2n) is 8.08. The van der Waals surface area contributed by atoms with Crippen LogP contribution in [0.3, 0.4) is 0 Å². The number of anilines is 1. The Morgan fingerprint density at radius 1 is 0.969 bits per heavy atom. The van der Waals surface area contributed by atoms with Crippen LogP contribution in [0, 0.1) is 0 Å². The van der Waals surface area contributed by atoms with Crippen LogP contribution in [-0.2, 0) is 4.79 Å². The van der Waals surface area contributed by atoms with Crippen molar-refractivity contribution in [2.24, 2.45) is 0 Å². The normalized spacial score (nSPS) is 19.5. The van der Waals surface area contributed by atoms with Gasteiger partial charge in [0.1, 0.15) is 0 Å².